The van der Waals surface area contributed by atoms with E-state index in [-0.39, 0.29) is 5.92 Å². The number of carbonyl (C=O) groups excluding carboxylic acids is 1. The molecule has 0 bridgehead atoms. The monoisotopic (exact) mass is 342 g/mol. The molecule has 2 aromatic rings. The molecular weight excluding hydrogens is 320 g/mol. The fraction of sp³-hybridized carbons (Fsp3) is 0.316. The number of carboxylic acids is 1. The molecule has 1 unspecified atom stereocenters. The van der Waals surface area contributed by atoms with Crippen LogP contribution in [-0.2, 0) is 11.4 Å². The molecule has 0 saturated carbocycles. The Balaban J connectivity index is 1.94. The highest BCUT2D eigenvalue weighted by Gasteiger charge is 2.21. The van der Waals surface area contributed by atoms with E-state index in [1.165, 1.54) is 6.20 Å². The number of carbonyl (C=O) groups is 2. The van der Waals surface area contributed by atoms with Crippen LogP contribution < -0.4 is 10.1 Å². The third-order valence-electron chi connectivity index (χ3n) is 3.54. The van der Waals surface area contributed by atoms with Crippen molar-refractivity contribution >= 4 is 11.9 Å². The number of aromatic nitrogens is 1. The molecule has 0 aliphatic rings. The van der Waals surface area contributed by atoms with Crippen molar-refractivity contribution in [2.45, 2.75) is 32.9 Å². The maximum Gasteiger partial charge on any atom is 0.326 e. The molecule has 6 nitrogen and oxygen atoms in total. The van der Waals surface area contributed by atoms with Gasteiger partial charge in [0.2, 0.25) is 5.88 Å². The molecule has 0 saturated heterocycles. The summed E-state index contributed by atoms with van der Waals surface area (Å²) in [5.41, 5.74) is 1.31. The smallest absolute Gasteiger partial charge is 0.326 e. The largest absolute Gasteiger partial charge is 0.480 e. The number of amides is 1. The molecule has 2 N–H and O–H groups in total. The predicted octanol–water partition coefficient (Wildman–Crippen LogP) is 2.89. The minimum absolute atomic E-state index is 0.160. The molecule has 0 aliphatic carbocycles. The second kappa shape index (κ2) is 8.82. The number of nitrogens with zero attached hydrogens (tertiary/aromatic N) is 1. The first-order chi connectivity index (χ1) is 12.0. The van der Waals surface area contributed by atoms with Gasteiger partial charge in [0.05, 0.1) is 5.56 Å². The molecule has 0 fully saturated rings. The lowest BCUT2D eigenvalue weighted by Gasteiger charge is -2.16. The lowest BCUT2D eigenvalue weighted by molar-refractivity contribution is -0.139. The van der Waals surface area contributed by atoms with Gasteiger partial charge in [0.15, 0.2) is 0 Å². The average molecular weight is 342 g/mol. The third-order valence-corrected chi connectivity index (χ3v) is 3.54. The van der Waals surface area contributed by atoms with Crippen LogP contribution >= 0.6 is 0 Å². The molecule has 6 heteroatoms. The van der Waals surface area contributed by atoms with Crippen molar-refractivity contribution in [1.82, 2.24) is 10.3 Å². The summed E-state index contributed by atoms with van der Waals surface area (Å²) >= 11 is 0. The molecule has 1 amide bonds. The van der Waals surface area contributed by atoms with E-state index in [9.17, 15) is 14.7 Å². The zero-order valence-electron chi connectivity index (χ0n) is 14.3. The van der Waals surface area contributed by atoms with Gasteiger partial charge in [-0.2, -0.15) is 0 Å². The van der Waals surface area contributed by atoms with Crippen molar-refractivity contribution in [2.24, 2.45) is 5.92 Å². The number of benzene rings is 1. The average Bonchev–Trinajstić information content (AvgIpc) is 2.60. The third kappa shape index (κ3) is 5.91. The maximum atomic E-state index is 12.2. The van der Waals surface area contributed by atoms with Gasteiger partial charge >= 0.3 is 5.97 Å². The van der Waals surface area contributed by atoms with Crippen LogP contribution in [0.1, 0.15) is 36.2 Å². The van der Waals surface area contributed by atoms with E-state index < -0.39 is 17.9 Å². The lowest BCUT2D eigenvalue weighted by Crippen LogP contribution is -2.41. The Kier molecular flexibility index (Phi) is 6.51. The predicted molar refractivity (Wildman–Crippen MR) is 93.4 cm³/mol. The maximum absolute atomic E-state index is 12.2. The number of hydrogen-bond donors (Lipinski definition) is 2. The SMILES string of the molecule is CC(C)CC(NC(=O)c1ccc(OCc2ccccc2)nc1)C(=O)O. The van der Waals surface area contributed by atoms with Crippen LogP contribution in [0.25, 0.3) is 0 Å². The molecule has 0 spiro atoms. The number of aliphatic carboxylic acids is 1. The number of pyridine rings is 1. The van der Waals surface area contributed by atoms with E-state index in [1.54, 1.807) is 12.1 Å². The number of rotatable bonds is 8. The summed E-state index contributed by atoms with van der Waals surface area (Å²) in [6.45, 7) is 4.19. The van der Waals surface area contributed by atoms with Gasteiger partial charge in [0.1, 0.15) is 12.6 Å². The fourth-order valence-electron chi connectivity index (χ4n) is 2.27. The van der Waals surface area contributed by atoms with Crippen LogP contribution in [0.4, 0.5) is 0 Å². The molecule has 1 heterocycles. The van der Waals surface area contributed by atoms with Gasteiger partial charge in [-0.1, -0.05) is 44.2 Å². The highest BCUT2D eigenvalue weighted by molar-refractivity contribution is 5.96. The fourth-order valence-corrected chi connectivity index (χ4v) is 2.27. The Labute approximate surface area is 146 Å². The van der Waals surface area contributed by atoms with Crippen LogP contribution in [0.15, 0.2) is 48.7 Å². The number of carboxylic acid groups (broad SMARTS) is 1. The van der Waals surface area contributed by atoms with Crippen LogP contribution in [0.3, 0.4) is 0 Å². The summed E-state index contributed by atoms with van der Waals surface area (Å²) in [7, 11) is 0. The Morgan fingerprint density at radius 1 is 1.16 bits per heavy atom. The Morgan fingerprint density at radius 2 is 1.88 bits per heavy atom. The van der Waals surface area contributed by atoms with Gasteiger partial charge in [0, 0.05) is 12.3 Å². The van der Waals surface area contributed by atoms with E-state index in [0.29, 0.717) is 24.5 Å². The van der Waals surface area contributed by atoms with E-state index in [0.717, 1.165) is 5.56 Å². The normalized spacial score (nSPS) is 11.8. The Bertz CT molecular complexity index is 699. The second-order valence-electron chi connectivity index (χ2n) is 6.15. The van der Waals surface area contributed by atoms with E-state index in [4.69, 9.17) is 4.74 Å². The van der Waals surface area contributed by atoms with Crippen molar-refractivity contribution in [3.63, 3.8) is 0 Å². The molecule has 132 valence electrons. The van der Waals surface area contributed by atoms with Gasteiger partial charge in [-0.25, -0.2) is 9.78 Å². The molecule has 2 rings (SSSR count). The van der Waals surface area contributed by atoms with Crippen LogP contribution in [-0.4, -0.2) is 28.0 Å². The van der Waals surface area contributed by atoms with E-state index in [1.807, 2.05) is 44.2 Å². The van der Waals surface area contributed by atoms with E-state index in [2.05, 4.69) is 10.3 Å². The standard InChI is InChI=1S/C19H22N2O4/c1-13(2)10-16(19(23)24)21-18(22)15-8-9-17(20-11-15)25-12-14-6-4-3-5-7-14/h3-9,11,13,16H,10,12H2,1-2H3,(H,21,22)(H,23,24). The van der Waals surface area contributed by atoms with Crippen LogP contribution in [0.2, 0.25) is 0 Å². The number of ether oxygens (including phenoxy) is 1. The summed E-state index contributed by atoms with van der Waals surface area (Å²) in [4.78, 5) is 27.5. The molecule has 1 aromatic heterocycles. The van der Waals surface area contributed by atoms with Gasteiger partial charge in [-0.15, -0.1) is 0 Å². The first-order valence-corrected chi connectivity index (χ1v) is 8.12. The molecule has 0 radical (unpaired) electrons. The Morgan fingerprint density at radius 3 is 2.44 bits per heavy atom. The summed E-state index contributed by atoms with van der Waals surface area (Å²) in [6.07, 6.45) is 1.75. The summed E-state index contributed by atoms with van der Waals surface area (Å²) in [5, 5.41) is 11.7. The second-order valence-corrected chi connectivity index (χ2v) is 6.15. The van der Waals surface area contributed by atoms with Gasteiger partial charge in [-0.3, -0.25) is 4.79 Å². The van der Waals surface area contributed by atoms with Crippen molar-refractivity contribution < 1.29 is 19.4 Å². The van der Waals surface area contributed by atoms with Crippen molar-refractivity contribution in [1.29, 1.82) is 0 Å². The quantitative estimate of drug-likeness (QED) is 0.770. The summed E-state index contributed by atoms with van der Waals surface area (Å²) in [6, 6.07) is 11.9. The zero-order valence-corrected chi connectivity index (χ0v) is 14.3. The molecule has 1 atom stereocenters. The van der Waals surface area contributed by atoms with Gasteiger partial charge < -0.3 is 15.2 Å². The summed E-state index contributed by atoms with van der Waals surface area (Å²) < 4.78 is 5.56. The minimum atomic E-state index is -1.04. The lowest BCUT2D eigenvalue weighted by atomic mass is 10.0. The van der Waals surface area contributed by atoms with E-state index >= 15 is 0 Å². The van der Waals surface area contributed by atoms with Gasteiger partial charge in [0.25, 0.3) is 5.91 Å². The minimum Gasteiger partial charge on any atom is -0.480 e. The van der Waals surface area contributed by atoms with Crippen molar-refractivity contribution in [3.05, 3.63) is 59.8 Å². The molecular formula is C19H22N2O4. The van der Waals surface area contributed by atoms with Gasteiger partial charge in [-0.05, 0) is 24.0 Å². The topological polar surface area (TPSA) is 88.5 Å². The first-order valence-electron chi connectivity index (χ1n) is 8.12. The molecule has 0 aliphatic heterocycles. The van der Waals surface area contributed by atoms with Crippen LogP contribution in [0.5, 0.6) is 5.88 Å². The van der Waals surface area contributed by atoms with Crippen molar-refractivity contribution in [2.75, 3.05) is 0 Å². The number of nitrogens with one attached hydrogen (secondary N) is 1. The van der Waals surface area contributed by atoms with Crippen molar-refractivity contribution in [3.8, 4) is 5.88 Å². The Hall–Kier alpha value is -2.89. The highest BCUT2D eigenvalue weighted by Crippen LogP contribution is 2.11. The summed E-state index contributed by atoms with van der Waals surface area (Å²) in [5.74, 6) is -0.946. The van der Waals surface area contributed by atoms with Crippen LogP contribution in [0, 0.1) is 5.92 Å². The highest BCUT2D eigenvalue weighted by atomic mass is 16.5. The molecule has 25 heavy (non-hydrogen) atoms. The first kappa shape index (κ1) is 18.4. The number of hydrogen-bond acceptors (Lipinski definition) is 4. The zero-order chi connectivity index (χ0) is 18.2. The molecule has 1 aromatic carbocycles.